The van der Waals surface area contributed by atoms with E-state index in [9.17, 15) is 33.9 Å². The monoisotopic (exact) mass is 1090 g/mol. The zero-order chi connectivity index (χ0) is 56.0. The van der Waals surface area contributed by atoms with E-state index in [2.05, 4.69) is 32.2 Å². The lowest BCUT2D eigenvalue weighted by Crippen LogP contribution is -2.41. The molecule has 0 saturated heterocycles. The Labute approximate surface area is 471 Å². The highest BCUT2D eigenvalue weighted by atomic mass is 16.5. The van der Waals surface area contributed by atoms with E-state index in [1.54, 1.807) is 71.0 Å². The minimum absolute atomic E-state index is 0.0575. The van der Waals surface area contributed by atoms with E-state index in [1.165, 1.54) is 39.4 Å². The Bertz CT molecular complexity index is 3580. The van der Waals surface area contributed by atoms with Gasteiger partial charge in [0.25, 0.3) is 11.8 Å². The van der Waals surface area contributed by atoms with Gasteiger partial charge >= 0.3 is 5.97 Å². The second kappa shape index (κ2) is 24.5. The van der Waals surface area contributed by atoms with Gasteiger partial charge in [0.15, 0.2) is 5.78 Å². The first-order chi connectivity index (χ1) is 39.5. The summed E-state index contributed by atoms with van der Waals surface area (Å²) in [6.45, 7) is 4.28. The number of carbonyl (C=O) groups is 6. The van der Waals surface area contributed by atoms with E-state index in [1.807, 2.05) is 30.3 Å². The van der Waals surface area contributed by atoms with Crippen LogP contribution in [0, 0.1) is 0 Å². The maximum absolute atomic E-state index is 14.6. The van der Waals surface area contributed by atoms with Gasteiger partial charge in [-0.2, -0.15) is 0 Å². The van der Waals surface area contributed by atoms with Gasteiger partial charge in [-0.15, -0.1) is 0 Å². The number of carbonyl (C=O) groups excluding carboxylic acids is 5. The summed E-state index contributed by atoms with van der Waals surface area (Å²) in [5.74, 6) is -0.976. The summed E-state index contributed by atoms with van der Waals surface area (Å²) in [7, 11) is 0. The molecule has 0 atom stereocenters. The van der Waals surface area contributed by atoms with Crippen molar-refractivity contribution in [2.45, 2.75) is 109 Å². The first-order valence-corrected chi connectivity index (χ1v) is 28.9. The molecule has 0 spiro atoms. The smallest absolute Gasteiger partial charge is 0.336 e. The SMILES string of the molecule is O=C(CCCCCCC(=O)Nc1ccc(C(=O)N(CCNC(=O)c2ccc(C(=O)O)c(C3=c4cc5c6c(c4Oc4c3cc3c7c4CCCN7CCCC3)CCC[N+]=6CCCC5)c2)Cc2ccc(C(=O)c3ccccc3)cc2)cc1)NO. The number of carboxylic acids is 1. The molecule has 0 radical (unpaired) electrons. The normalized spacial score (nSPS) is 14.9. The number of anilines is 2. The summed E-state index contributed by atoms with van der Waals surface area (Å²) in [6.07, 6.45) is 13.0. The Kier molecular flexibility index (Phi) is 16.5. The number of ether oxygens (including phenoxy) is 1. The van der Waals surface area contributed by atoms with Gasteiger partial charge in [-0.1, -0.05) is 67.4 Å². The minimum atomic E-state index is -1.10. The molecule has 81 heavy (non-hydrogen) atoms. The molecule has 5 N–H and O–H groups in total. The lowest BCUT2D eigenvalue weighted by atomic mass is 9.82. The van der Waals surface area contributed by atoms with Crippen LogP contribution < -0.4 is 40.9 Å². The van der Waals surface area contributed by atoms with Crippen molar-refractivity contribution >= 4 is 52.3 Å². The number of ketones is 1. The maximum atomic E-state index is 14.6. The van der Waals surface area contributed by atoms with Crippen LogP contribution in [0.5, 0.6) is 11.5 Å². The Balaban J connectivity index is 0.882. The van der Waals surface area contributed by atoms with Crippen LogP contribution in [0.25, 0.3) is 5.57 Å². The van der Waals surface area contributed by atoms with Crippen molar-refractivity contribution in [1.82, 2.24) is 20.3 Å². The van der Waals surface area contributed by atoms with E-state index in [4.69, 9.17) is 9.94 Å². The third-order valence-electron chi connectivity index (χ3n) is 16.6. The van der Waals surface area contributed by atoms with Crippen molar-refractivity contribution in [3.63, 3.8) is 0 Å². The highest BCUT2D eigenvalue weighted by Gasteiger charge is 2.36. The summed E-state index contributed by atoms with van der Waals surface area (Å²) in [4.78, 5) is 84.1. The summed E-state index contributed by atoms with van der Waals surface area (Å²) in [5, 5.41) is 27.8. The van der Waals surface area contributed by atoms with Gasteiger partial charge in [0.2, 0.25) is 17.2 Å². The topological polar surface area (TPSA) is 198 Å². The Morgan fingerprint density at radius 2 is 1.32 bits per heavy atom. The van der Waals surface area contributed by atoms with Gasteiger partial charge in [-0.3, -0.25) is 29.2 Å². The van der Waals surface area contributed by atoms with Gasteiger partial charge in [0.05, 0.1) is 11.1 Å². The summed E-state index contributed by atoms with van der Waals surface area (Å²) < 4.78 is 9.83. The van der Waals surface area contributed by atoms with Crippen LogP contribution in [-0.4, -0.2) is 89.9 Å². The Hall–Kier alpha value is -8.43. The number of rotatable bonds is 19. The van der Waals surface area contributed by atoms with Crippen LogP contribution >= 0.6 is 0 Å². The third-order valence-corrected chi connectivity index (χ3v) is 16.6. The quantitative estimate of drug-likeness (QED) is 0.0172. The average Bonchev–Trinajstić information content (AvgIpc) is 4.07. The van der Waals surface area contributed by atoms with Gasteiger partial charge in [0.1, 0.15) is 24.6 Å². The molecule has 5 aliphatic heterocycles. The first kappa shape index (κ1) is 54.5. The molecular formula is C66H69N6O9+. The second-order valence-corrected chi connectivity index (χ2v) is 22.1. The standard InChI is InChI=1S/C66H68N6O9/c73-56(20-6-1-2-7-21-57(74)69-80)68-49-29-26-45(27-30-49)65(77)72(41-42-22-24-44(25-23-42)61(75)43-14-4-3-5-15-43)37-32-67-64(76)48-28-31-50(66(78)79)53(40-48)58-54-38-46-16-8-10-33-70-35-12-18-51(59(46)70)62(54)81-63-52-19-13-36-71-34-11-9-17-47(60(52)71)39-55(58)63/h3-5,14-15,22-31,38-40H,1-2,6-13,16-21,32-37,41H2,(H4-,67,68,69,73,74,76,77,78,79,80)/p+1. The Morgan fingerprint density at radius 3 is 2.10 bits per heavy atom. The molecule has 15 heteroatoms. The van der Waals surface area contributed by atoms with E-state index < -0.39 is 17.8 Å². The number of amides is 4. The number of hydrogen-bond acceptors (Lipinski definition) is 9. The fourth-order valence-corrected chi connectivity index (χ4v) is 12.7. The molecule has 0 fully saturated rings. The molecule has 416 valence electrons. The zero-order valence-electron chi connectivity index (χ0n) is 45.7. The molecule has 6 aromatic carbocycles. The van der Waals surface area contributed by atoms with E-state index in [-0.39, 0.29) is 61.2 Å². The molecule has 0 aliphatic carbocycles. The second-order valence-electron chi connectivity index (χ2n) is 22.1. The summed E-state index contributed by atoms with van der Waals surface area (Å²) in [5.41, 5.74) is 13.0. The molecule has 6 aromatic rings. The van der Waals surface area contributed by atoms with Crippen LogP contribution in [0.2, 0.25) is 0 Å². The average molecular weight is 1090 g/mol. The van der Waals surface area contributed by atoms with Crippen molar-refractivity contribution in [2.24, 2.45) is 0 Å². The Morgan fingerprint density at radius 1 is 0.630 bits per heavy atom. The lowest BCUT2D eigenvalue weighted by Gasteiger charge is -2.35. The molecule has 0 bridgehead atoms. The highest BCUT2D eigenvalue weighted by Crippen LogP contribution is 2.48. The van der Waals surface area contributed by atoms with Crippen molar-refractivity contribution in [3.05, 3.63) is 187 Å². The largest absolute Gasteiger partial charge is 0.478 e. The molecule has 4 amide bonds. The van der Waals surface area contributed by atoms with Gasteiger partial charge < -0.3 is 30.3 Å². The van der Waals surface area contributed by atoms with Gasteiger partial charge in [-0.25, -0.2) is 14.9 Å². The molecule has 11 rings (SSSR count). The number of aryl methyl sites for hydroxylation is 2. The summed E-state index contributed by atoms with van der Waals surface area (Å²) in [6, 6.07) is 32.1. The van der Waals surface area contributed by atoms with Crippen molar-refractivity contribution in [1.29, 1.82) is 0 Å². The maximum Gasteiger partial charge on any atom is 0.336 e. The number of carboxylic acid groups (broad SMARTS) is 1. The number of nitrogens with one attached hydrogen (secondary N) is 3. The fraction of sp³-hybridized carbons (Fsp3) is 0.348. The number of fused-ring (bicyclic) bond motifs is 4. The molecule has 15 nitrogen and oxygen atoms in total. The van der Waals surface area contributed by atoms with Crippen LogP contribution in [0.1, 0.15) is 163 Å². The van der Waals surface area contributed by atoms with Crippen molar-refractivity contribution < 1.29 is 43.8 Å². The molecule has 0 saturated carbocycles. The number of nitrogens with zero attached hydrogens (tertiary/aromatic N) is 3. The van der Waals surface area contributed by atoms with Crippen molar-refractivity contribution in [2.75, 3.05) is 49.5 Å². The van der Waals surface area contributed by atoms with Crippen LogP contribution in [0.4, 0.5) is 11.4 Å². The minimum Gasteiger partial charge on any atom is -0.478 e. The third kappa shape index (κ3) is 11.8. The molecule has 0 unspecified atom stereocenters. The number of hydrogen-bond donors (Lipinski definition) is 5. The van der Waals surface area contributed by atoms with Gasteiger partial charge in [0, 0.05) is 120 Å². The van der Waals surface area contributed by atoms with E-state index >= 15 is 0 Å². The molecule has 0 aromatic heterocycles. The number of benzene rings is 6. The highest BCUT2D eigenvalue weighted by molar-refractivity contribution is 6.09. The molecular weight excluding hydrogens is 1020 g/mol. The van der Waals surface area contributed by atoms with Crippen LogP contribution in [0.15, 0.2) is 109 Å². The van der Waals surface area contributed by atoms with E-state index in [0.29, 0.717) is 40.8 Å². The predicted octanol–water partition coefficient (Wildman–Crippen LogP) is 8.69. The lowest BCUT2D eigenvalue weighted by molar-refractivity contribution is -0.129. The number of unbranched alkanes of at least 4 members (excludes halogenated alkanes) is 3. The van der Waals surface area contributed by atoms with Gasteiger partial charge in [-0.05, 0) is 135 Å². The van der Waals surface area contributed by atoms with E-state index in [0.717, 1.165) is 137 Å². The van der Waals surface area contributed by atoms with Crippen LogP contribution in [0.3, 0.4) is 0 Å². The summed E-state index contributed by atoms with van der Waals surface area (Å²) >= 11 is 0. The van der Waals surface area contributed by atoms with Crippen molar-refractivity contribution in [3.8, 4) is 11.5 Å². The first-order valence-electron chi connectivity index (χ1n) is 28.9. The fourth-order valence-electron chi connectivity index (χ4n) is 12.7. The molecule has 5 aliphatic rings. The number of aromatic carboxylic acids is 1. The molecule has 5 heterocycles. The number of hydroxylamine groups is 1. The predicted molar refractivity (Wildman–Crippen MR) is 309 cm³/mol. The van der Waals surface area contributed by atoms with Crippen LogP contribution in [-0.2, 0) is 41.8 Å². The zero-order valence-corrected chi connectivity index (χ0v) is 45.7.